The molecule has 4 unspecified atom stereocenters. The summed E-state index contributed by atoms with van der Waals surface area (Å²) < 4.78 is 21.9. The summed E-state index contributed by atoms with van der Waals surface area (Å²) in [5, 5.41) is 18.9. The van der Waals surface area contributed by atoms with Gasteiger partial charge in [0.25, 0.3) is 0 Å². The van der Waals surface area contributed by atoms with E-state index < -0.39 is 31.7 Å². The minimum absolute atomic E-state index is 0.307. The van der Waals surface area contributed by atoms with Gasteiger partial charge >= 0.3 is 11.5 Å². The molecule has 0 fully saturated rings. The number of ether oxygens (including phenoxy) is 2. The Labute approximate surface area is 209 Å². The van der Waals surface area contributed by atoms with Crippen LogP contribution in [0.5, 0.6) is 0 Å². The molecule has 0 saturated carbocycles. The van der Waals surface area contributed by atoms with Gasteiger partial charge in [0.1, 0.15) is 5.44 Å². The predicted molar refractivity (Wildman–Crippen MR) is 138 cm³/mol. The zero-order valence-electron chi connectivity index (χ0n) is 21.2. The highest BCUT2D eigenvalue weighted by molar-refractivity contribution is 7.80. The van der Waals surface area contributed by atoms with Crippen molar-refractivity contribution in [3.8, 4) is 0 Å². The van der Waals surface area contributed by atoms with Gasteiger partial charge in [0.15, 0.2) is 6.29 Å². The van der Waals surface area contributed by atoms with E-state index in [-0.39, 0.29) is 0 Å². The molecule has 0 amide bonds. The van der Waals surface area contributed by atoms with E-state index in [1.165, 1.54) is 83.5 Å². The Kier molecular flexibility index (Phi) is 21.0. The van der Waals surface area contributed by atoms with Crippen molar-refractivity contribution in [1.29, 1.82) is 0 Å². The van der Waals surface area contributed by atoms with Gasteiger partial charge in [-0.15, -0.1) is 12.6 Å². The van der Waals surface area contributed by atoms with Crippen LogP contribution in [0, 0.1) is 5.92 Å². The second kappa shape index (κ2) is 21.1. The normalized spacial score (nSPS) is 16.4. The zero-order chi connectivity index (χ0) is 25.0. The molecule has 0 aromatic rings. The summed E-state index contributed by atoms with van der Waals surface area (Å²) in [6.07, 6.45) is 19.1. The van der Waals surface area contributed by atoms with E-state index in [4.69, 9.17) is 14.6 Å². The van der Waals surface area contributed by atoms with E-state index in [2.05, 4.69) is 26.5 Å². The molecular weight excluding hydrogens is 459 g/mol. The molecule has 0 bridgehead atoms. The lowest BCUT2D eigenvalue weighted by Gasteiger charge is -2.27. The lowest BCUT2D eigenvalue weighted by atomic mass is 9.92. The molecule has 0 saturated heterocycles. The number of hydrogen-bond donors (Lipinski definition) is 3. The number of carboxylic acids is 1. The summed E-state index contributed by atoms with van der Waals surface area (Å²) in [5.74, 6) is -1.23. The second-order valence-electron chi connectivity index (χ2n) is 9.12. The van der Waals surface area contributed by atoms with Crippen LogP contribution in [-0.4, -0.2) is 33.4 Å². The van der Waals surface area contributed by atoms with Gasteiger partial charge in [-0.05, 0) is 18.8 Å². The third-order valence-corrected chi connectivity index (χ3v) is 6.93. The summed E-state index contributed by atoms with van der Waals surface area (Å²) in [6, 6.07) is 0. The molecule has 0 aliphatic heterocycles. The summed E-state index contributed by atoms with van der Waals surface area (Å²) in [4.78, 5) is 11.1. The fraction of sp³-hybridized carbons (Fsp3) is 0.960. The maximum atomic E-state index is 11.1. The number of carbonyl (C=O) groups is 1. The van der Waals surface area contributed by atoms with Gasteiger partial charge < -0.3 is 19.7 Å². The number of unbranched alkanes of at least 4 members (excludes halogenated alkanes) is 11. The van der Waals surface area contributed by atoms with Crippen molar-refractivity contribution in [3.63, 3.8) is 0 Å². The van der Waals surface area contributed by atoms with Gasteiger partial charge in [-0.3, -0.25) is 4.57 Å². The summed E-state index contributed by atoms with van der Waals surface area (Å²) >= 11 is 4.55. The first kappa shape index (κ1) is 32.8. The van der Waals surface area contributed by atoms with E-state index >= 15 is 0 Å². The lowest BCUT2D eigenvalue weighted by molar-refractivity contribution is -0.256. The highest BCUT2D eigenvalue weighted by atomic mass is 32.1. The minimum Gasteiger partial charge on any atom is -0.477 e. The topological polar surface area (TPSA) is 93.1 Å². The molecule has 0 rings (SSSR count). The smallest absolute Gasteiger partial charge is 0.377 e. The molecule has 0 radical (unpaired) electrons. The minimum atomic E-state index is -2.80. The van der Waals surface area contributed by atoms with Crippen molar-refractivity contribution in [3.05, 3.63) is 0 Å². The number of carboxylic acid groups (broad SMARTS) is 1. The molecule has 196 valence electrons. The molecule has 4 atom stereocenters. The molecule has 6 nitrogen and oxygen atoms in total. The standard InChI is InChI=1S/C25H49O6PS/c1-4-7-9-10-11-12-13-14-15-17-19-21(18-16-8-5-2)20-23(33)30-22(6-3)31-25(28,32-29)24(26)27/h21-23,28,33H,4-20H2,1-3H3,(H,26,27). The second-order valence-corrected chi connectivity index (χ2v) is 10.5. The van der Waals surface area contributed by atoms with Crippen molar-refractivity contribution in [1.82, 2.24) is 0 Å². The van der Waals surface area contributed by atoms with Crippen LogP contribution >= 0.6 is 21.1 Å². The molecule has 0 aromatic heterocycles. The van der Waals surface area contributed by atoms with Gasteiger partial charge in [0.05, 0.1) is 0 Å². The average Bonchev–Trinajstić information content (AvgIpc) is 2.79. The number of aliphatic hydroxyl groups is 1. The molecule has 0 heterocycles. The molecule has 0 aliphatic rings. The molecule has 8 heteroatoms. The Morgan fingerprint density at radius 2 is 1.33 bits per heavy atom. The molecular formula is C25H49O6PS. The van der Waals surface area contributed by atoms with Crippen molar-refractivity contribution in [2.24, 2.45) is 5.92 Å². The van der Waals surface area contributed by atoms with E-state index in [1.807, 2.05) is 0 Å². The first-order valence-corrected chi connectivity index (χ1v) is 14.5. The predicted octanol–water partition coefficient (Wildman–Crippen LogP) is 7.93. The first-order chi connectivity index (χ1) is 15.8. The maximum absolute atomic E-state index is 11.1. The van der Waals surface area contributed by atoms with E-state index in [9.17, 15) is 14.5 Å². The van der Waals surface area contributed by atoms with Crippen molar-refractivity contribution >= 4 is 27.1 Å². The van der Waals surface area contributed by atoms with E-state index in [0.29, 0.717) is 12.3 Å². The van der Waals surface area contributed by atoms with Gasteiger partial charge in [0, 0.05) is 0 Å². The Morgan fingerprint density at radius 1 is 0.879 bits per heavy atom. The van der Waals surface area contributed by atoms with Crippen LogP contribution in [0.4, 0.5) is 0 Å². The molecule has 0 aromatic carbocycles. The van der Waals surface area contributed by atoms with Gasteiger partial charge in [-0.25, -0.2) is 4.79 Å². The average molecular weight is 509 g/mol. The summed E-state index contributed by atoms with van der Waals surface area (Å²) in [7, 11) is -1.04. The lowest BCUT2D eigenvalue weighted by Crippen LogP contribution is -2.40. The van der Waals surface area contributed by atoms with Crippen LogP contribution < -0.4 is 0 Å². The Hall–Kier alpha value is -0.200. The summed E-state index contributed by atoms with van der Waals surface area (Å²) in [5.41, 5.74) is -3.24. The van der Waals surface area contributed by atoms with Crippen molar-refractivity contribution in [2.45, 2.75) is 147 Å². The number of rotatable bonds is 24. The van der Waals surface area contributed by atoms with E-state index in [0.717, 1.165) is 19.3 Å². The fourth-order valence-electron chi connectivity index (χ4n) is 4.00. The van der Waals surface area contributed by atoms with Crippen molar-refractivity contribution < 1.29 is 29.0 Å². The van der Waals surface area contributed by atoms with Crippen LogP contribution in [0.25, 0.3) is 0 Å². The van der Waals surface area contributed by atoms with Crippen LogP contribution in [-0.2, 0) is 18.8 Å². The Balaban J connectivity index is 4.41. The van der Waals surface area contributed by atoms with Gasteiger partial charge in [0.2, 0.25) is 8.46 Å². The highest BCUT2D eigenvalue weighted by Crippen LogP contribution is 2.29. The van der Waals surface area contributed by atoms with Gasteiger partial charge in [-0.1, -0.05) is 117 Å². The Morgan fingerprint density at radius 3 is 1.79 bits per heavy atom. The Bertz CT molecular complexity index is 496. The quantitative estimate of drug-likeness (QED) is 0.0530. The van der Waals surface area contributed by atoms with Crippen molar-refractivity contribution in [2.75, 3.05) is 0 Å². The molecule has 2 N–H and O–H groups in total. The number of hydrogen-bond acceptors (Lipinski definition) is 6. The van der Waals surface area contributed by atoms with Crippen LogP contribution in [0.3, 0.4) is 0 Å². The monoisotopic (exact) mass is 508 g/mol. The van der Waals surface area contributed by atoms with Crippen LogP contribution in [0.15, 0.2) is 0 Å². The van der Waals surface area contributed by atoms with Gasteiger partial charge in [-0.2, -0.15) is 0 Å². The number of thiol groups is 1. The highest BCUT2D eigenvalue weighted by Gasteiger charge is 2.42. The van der Waals surface area contributed by atoms with Crippen LogP contribution in [0.2, 0.25) is 0 Å². The fourth-order valence-corrected chi connectivity index (χ4v) is 4.67. The molecule has 0 spiro atoms. The largest absolute Gasteiger partial charge is 0.477 e. The van der Waals surface area contributed by atoms with Crippen LogP contribution in [0.1, 0.15) is 130 Å². The SMILES string of the molecule is CCCCCCCCCCCCC(CCCCC)CC(S)OC(CC)OC(O)(P=O)C(=O)O. The summed E-state index contributed by atoms with van der Waals surface area (Å²) in [6.45, 7) is 6.20. The maximum Gasteiger partial charge on any atom is 0.377 e. The van der Waals surface area contributed by atoms with E-state index in [1.54, 1.807) is 6.92 Å². The zero-order valence-corrected chi connectivity index (χ0v) is 23.0. The third-order valence-electron chi connectivity index (χ3n) is 6.06. The molecule has 0 aliphatic carbocycles. The third kappa shape index (κ3) is 17.0. The number of aliphatic carboxylic acids is 1. The molecule has 33 heavy (non-hydrogen) atoms. The first-order valence-electron chi connectivity index (χ1n) is 13.1.